The van der Waals surface area contributed by atoms with Gasteiger partial charge in [-0.3, -0.25) is 4.99 Å². The van der Waals surface area contributed by atoms with Crippen LogP contribution in [0.15, 0.2) is 23.2 Å². The van der Waals surface area contributed by atoms with Crippen LogP contribution in [0.2, 0.25) is 0 Å². The highest BCUT2D eigenvalue weighted by atomic mass is 16.5. The Bertz CT molecular complexity index is 886. The van der Waals surface area contributed by atoms with E-state index in [1.54, 1.807) is 7.11 Å². The Labute approximate surface area is 173 Å². The summed E-state index contributed by atoms with van der Waals surface area (Å²) in [5, 5.41) is 1.15. The summed E-state index contributed by atoms with van der Waals surface area (Å²) in [5.74, 6) is 2.45. The van der Waals surface area contributed by atoms with Crippen molar-refractivity contribution in [2.24, 2.45) is 10.7 Å². The number of methoxy groups -OCH3 is 1. The molecule has 1 unspecified atom stereocenters. The van der Waals surface area contributed by atoms with E-state index in [2.05, 4.69) is 36.9 Å². The van der Waals surface area contributed by atoms with Crippen molar-refractivity contribution in [3.05, 3.63) is 29.6 Å². The van der Waals surface area contributed by atoms with Gasteiger partial charge in [-0.25, -0.2) is 9.97 Å². The summed E-state index contributed by atoms with van der Waals surface area (Å²) in [6.45, 7) is 6.77. The number of fused-ring (bicyclic) bond motifs is 1. The highest BCUT2D eigenvalue weighted by molar-refractivity contribution is 5.90. The Morgan fingerprint density at radius 2 is 2.03 bits per heavy atom. The maximum atomic E-state index is 6.19. The minimum Gasteiger partial charge on any atom is -0.382 e. The van der Waals surface area contributed by atoms with Crippen LogP contribution in [0.25, 0.3) is 10.9 Å². The lowest BCUT2D eigenvalue weighted by molar-refractivity contribution is 0.185. The lowest BCUT2D eigenvalue weighted by Gasteiger charge is -2.25. The Hall–Kier alpha value is -2.05. The molecule has 0 radical (unpaired) electrons. The van der Waals surface area contributed by atoms with Gasteiger partial charge in [0.1, 0.15) is 11.6 Å². The first kappa shape index (κ1) is 20.2. The van der Waals surface area contributed by atoms with Crippen LogP contribution < -0.4 is 10.6 Å². The lowest BCUT2D eigenvalue weighted by atomic mass is 9.87. The summed E-state index contributed by atoms with van der Waals surface area (Å²) >= 11 is 0. The summed E-state index contributed by atoms with van der Waals surface area (Å²) < 4.78 is 5.21. The molecule has 1 aliphatic carbocycles. The van der Waals surface area contributed by atoms with Crippen molar-refractivity contribution in [2.75, 3.05) is 31.7 Å². The van der Waals surface area contributed by atoms with Crippen LogP contribution in [0.1, 0.15) is 56.3 Å². The van der Waals surface area contributed by atoms with Crippen LogP contribution in [0.4, 0.5) is 5.82 Å². The van der Waals surface area contributed by atoms with E-state index in [9.17, 15) is 0 Å². The summed E-state index contributed by atoms with van der Waals surface area (Å²) in [4.78, 5) is 17.3. The number of ether oxygens (including phenoxy) is 1. The molecule has 1 saturated heterocycles. The number of rotatable bonds is 5. The van der Waals surface area contributed by atoms with E-state index in [1.807, 2.05) is 0 Å². The van der Waals surface area contributed by atoms with Crippen molar-refractivity contribution in [1.29, 1.82) is 0 Å². The third kappa shape index (κ3) is 4.59. The lowest BCUT2D eigenvalue weighted by Crippen LogP contribution is -2.27. The van der Waals surface area contributed by atoms with Gasteiger partial charge in [-0.15, -0.1) is 0 Å². The largest absolute Gasteiger partial charge is 0.382 e. The van der Waals surface area contributed by atoms with Crippen LogP contribution in [0, 0.1) is 6.92 Å². The predicted octanol–water partition coefficient (Wildman–Crippen LogP) is 3.61. The Morgan fingerprint density at radius 3 is 2.72 bits per heavy atom. The number of benzene rings is 1. The van der Waals surface area contributed by atoms with E-state index in [0.717, 1.165) is 67.7 Å². The number of nitrogens with zero attached hydrogens (tertiary/aromatic N) is 4. The van der Waals surface area contributed by atoms with Gasteiger partial charge in [0.2, 0.25) is 0 Å². The van der Waals surface area contributed by atoms with Gasteiger partial charge in [-0.05, 0) is 58.1 Å². The average Bonchev–Trinajstić information content (AvgIpc) is 3.14. The smallest absolute Gasteiger partial charge is 0.140 e. The fraction of sp³-hybridized carbons (Fsp3) is 0.609. The standard InChI is InChI=1S/C23H33N5O/c1-15-4-9-21-20(12-15)23(28-11-10-18(24)13-28)27-22(26-21)17-5-7-19(8-6-17)25-16(2)14-29-3/h4,9,12,16-18H,5-8,10-11,13-14,24H2,1-3H3/t16?,17?,18-/m0/s1. The number of aryl methyl sites for hydroxylation is 1. The molecule has 1 saturated carbocycles. The van der Waals surface area contributed by atoms with Crippen molar-refractivity contribution in [2.45, 2.75) is 64.0 Å². The number of hydrogen-bond acceptors (Lipinski definition) is 6. The Balaban J connectivity index is 1.59. The minimum atomic E-state index is 0.232. The molecule has 156 valence electrons. The first-order valence-corrected chi connectivity index (χ1v) is 10.9. The summed E-state index contributed by atoms with van der Waals surface area (Å²) in [6.07, 6.45) is 5.20. The summed E-state index contributed by atoms with van der Waals surface area (Å²) in [7, 11) is 1.73. The molecule has 2 aromatic rings. The Kier molecular flexibility index (Phi) is 6.11. The molecular formula is C23H33N5O. The second kappa shape index (κ2) is 8.76. The molecule has 2 fully saturated rings. The Morgan fingerprint density at radius 1 is 1.24 bits per heavy atom. The SMILES string of the molecule is COCC(C)N=C1CCC(c2nc(N3CC[C@H](N)C3)c3cc(C)ccc3n2)CC1. The fourth-order valence-electron chi connectivity index (χ4n) is 4.58. The van der Waals surface area contributed by atoms with Gasteiger partial charge < -0.3 is 15.4 Å². The number of nitrogens with two attached hydrogens (primary N) is 1. The van der Waals surface area contributed by atoms with Crippen LogP contribution in [-0.4, -0.2) is 54.6 Å². The van der Waals surface area contributed by atoms with Gasteiger partial charge in [0, 0.05) is 43.3 Å². The molecule has 0 amide bonds. The van der Waals surface area contributed by atoms with E-state index in [4.69, 9.17) is 25.4 Å². The molecule has 2 heterocycles. The molecule has 1 aromatic heterocycles. The van der Waals surface area contributed by atoms with Crippen LogP contribution in [0.5, 0.6) is 0 Å². The molecule has 29 heavy (non-hydrogen) atoms. The summed E-state index contributed by atoms with van der Waals surface area (Å²) in [5.41, 5.74) is 9.78. The van der Waals surface area contributed by atoms with Gasteiger partial charge in [-0.2, -0.15) is 0 Å². The predicted molar refractivity (Wildman–Crippen MR) is 119 cm³/mol. The molecule has 2 atom stereocenters. The molecule has 2 aliphatic rings. The zero-order chi connectivity index (χ0) is 20.4. The van der Waals surface area contributed by atoms with Gasteiger partial charge >= 0.3 is 0 Å². The third-order valence-corrected chi connectivity index (χ3v) is 6.11. The zero-order valence-corrected chi connectivity index (χ0v) is 17.9. The maximum Gasteiger partial charge on any atom is 0.140 e. The first-order chi connectivity index (χ1) is 14.0. The molecule has 4 rings (SSSR count). The number of aliphatic imine (C=N–C) groups is 1. The highest BCUT2D eigenvalue weighted by Crippen LogP contribution is 2.34. The van der Waals surface area contributed by atoms with Crippen molar-refractivity contribution in [1.82, 2.24) is 9.97 Å². The van der Waals surface area contributed by atoms with E-state index < -0.39 is 0 Å². The number of hydrogen-bond donors (Lipinski definition) is 1. The monoisotopic (exact) mass is 395 g/mol. The molecule has 6 heteroatoms. The second-order valence-corrected chi connectivity index (χ2v) is 8.69. The molecule has 1 aromatic carbocycles. The van der Waals surface area contributed by atoms with Crippen LogP contribution in [0.3, 0.4) is 0 Å². The fourth-order valence-corrected chi connectivity index (χ4v) is 4.58. The van der Waals surface area contributed by atoms with Crippen molar-refractivity contribution < 1.29 is 4.74 Å². The van der Waals surface area contributed by atoms with Gasteiger partial charge in [0.25, 0.3) is 0 Å². The highest BCUT2D eigenvalue weighted by Gasteiger charge is 2.26. The second-order valence-electron chi connectivity index (χ2n) is 8.69. The van der Waals surface area contributed by atoms with E-state index in [0.29, 0.717) is 12.5 Å². The van der Waals surface area contributed by atoms with Crippen molar-refractivity contribution in [3.8, 4) is 0 Å². The van der Waals surface area contributed by atoms with E-state index in [1.165, 1.54) is 11.3 Å². The van der Waals surface area contributed by atoms with Crippen LogP contribution >= 0.6 is 0 Å². The topological polar surface area (TPSA) is 76.6 Å². The normalized spacial score (nSPS) is 23.6. The van der Waals surface area contributed by atoms with Crippen LogP contribution in [-0.2, 0) is 4.74 Å². The average molecular weight is 396 g/mol. The quantitative estimate of drug-likeness (QED) is 0.837. The molecule has 0 spiro atoms. The molecule has 1 aliphatic heterocycles. The molecule has 0 bridgehead atoms. The van der Waals surface area contributed by atoms with Gasteiger partial charge in [-0.1, -0.05) is 11.6 Å². The molecule has 6 nitrogen and oxygen atoms in total. The summed E-state index contributed by atoms with van der Waals surface area (Å²) in [6, 6.07) is 6.95. The molecular weight excluding hydrogens is 362 g/mol. The zero-order valence-electron chi connectivity index (χ0n) is 17.9. The number of anilines is 1. The minimum absolute atomic E-state index is 0.232. The van der Waals surface area contributed by atoms with E-state index >= 15 is 0 Å². The van der Waals surface area contributed by atoms with Crippen molar-refractivity contribution in [3.63, 3.8) is 0 Å². The van der Waals surface area contributed by atoms with Gasteiger partial charge in [0.15, 0.2) is 0 Å². The maximum absolute atomic E-state index is 6.19. The van der Waals surface area contributed by atoms with Crippen molar-refractivity contribution >= 4 is 22.4 Å². The van der Waals surface area contributed by atoms with Gasteiger partial charge in [0.05, 0.1) is 18.2 Å². The first-order valence-electron chi connectivity index (χ1n) is 10.9. The third-order valence-electron chi connectivity index (χ3n) is 6.11. The number of aromatic nitrogens is 2. The van der Waals surface area contributed by atoms with E-state index in [-0.39, 0.29) is 12.1 Å². The molecule has 2 N–H and O–H groups in total.